The van der Waals surface area contributed by atoms with Crippen LogP contribution in [0, 0.1) is 6.92 Å². The Hall–Kier alpha value is -2.59. The second-order valence-corrected chi connectivity index (χ2v) is 8.98. The van der Waals surface area contributed by atoms with Gasteiger partial charge in [-0.15, -0.1) is 5.53 Å². The van der Waals surface area contributed by atoms with Gasteiger partial charge in [0, 0.05) is 18.7 Å². The third-order valence-corrected chi connectivity index (χ3v) is 6.35. The van der Waals surface area contributed by atoms with E-state index in [-0.39, 0.29) is 18.5 Å². The van der Waals surface area contributed by atoms with E-state index in [2.05, 4.69) is 16.3 Å². The highest BCUT2D eigenvalue weighted by Gasteiger charge is 2.41. The number of halogens is 3. The van der Waals surface area contributed by atoms with Gasteiger partial charge in [0.25, 0.3) is 0 Å². The van der Waals surface area contributed by atoms with Gasteiger partial charge in [0.15, 0.2) is 0 Å². The fourth-order valence-corrected chi connectivity index (χ4v) is 4.68. The third kappa shape index (κ3) is 5.16. The highest BCUT2D eigenvalue weighted by Crippen LogP contribution is 2.38. The van der Waals surface area contributed by atoms with E-state index in [1.54, 1.807) is 5.01 Å². The molecular formula is C24H29F3N4O2. The summed E-state index contributed by atoms with van der Waals surface area (Å²) in [5.41, 5.74) is 7.20. The number of aryl methyl sites for hydroxylation is 1. The van der Waals surface area contributed by atoms with Crippen molar-refractivity contribution in [3.05, 3.63) is 82.7 Å². The molecule has 2 heterocycles. The molecule has 9 heteroatoms. The van der Waals surface area contributed by atoms with Crippen molar-refractivity contribution in [2.24, 2.45) is 0 Å². The molecule has 0 spiro atoms. The molecule has 0 saturated carbocycles. The number of hydrazine groups is 2. The standard InChI is InChI=1S/C24H29F3N4O2/c1-15-5-3-4-6-19(15)22(32)14-31-13-21(29-30-31)20-12-23(33,11-16(2)28-20)17-7-9-18(10-8-17)24(25,26)27/h3-10,13,16,20,22,28-30,32-33H,11-12,14H2,1-2H3/t16-,20-,22?,23?/m0/s1. The Morgan fingerprint density at radius 1 is 1.12 bits per heavy atom. The molecule has 1 fully saturated rings. The summed E-state index contributed by atoms with van der Waals surface area (Å²) in [5, 5.41) is 27.2. The lowest BCUT2D eigenvalue weighted by molar-refractivity contribution is -0.137. The molecule has 2 aliphatic rings. The molecule has 2 aromatic rings. The number of aliphatic hydroxyl groups excluding tert-OH is 1. The zero-order chi connectivity index (χ0) is 23.8. The Balaban J connectivity index is 1.47. The number of benzene rings is 2. The van der Waals surface area contributed by atoms with Gasteiger partial charge in [-0.25, -0.2) is 0 Å². The molecule has 2 unspecified atom stereocenters. The molecule has 4 rings (SSSR count). The van der Waals surface area contributed by atoms with Crippen molar-refractivity contribution >= 4 is 0 Å². The number of hydrogen-bond acceptors (Lipinski definition) is 6. The van der Waals surface area contributed by atoms with Crippen molar-refractivity contribution in [1.82, 2.24) is 21.3 Å². The molecule has 0 aromatic heterocycles. The van der Waals surface area contributed by atoms with Crippen molar-refractivity contribution in [1.29, 1.82) is 0 Å². The van der Waals surface area contributed by atoms with E-state index in [4.69, 9.17) is 0 Å². The van der Waals surface area contributed by atoms with Crippen molar-refractivity contribution in [3.8, 4) is 0 Å². The molecule has 6 nitrogen and oxygen atoms in total. The first-order chi connectivity index (χ1) is 15.5. The SMILES string of the molecule is Cc1ccccc1C(O)CN1C=C([C@@H]2CC(O)(c3ccc(C(F)(F)F)cc3)C[C@H](C)N2)NN1. The molecule has 5 N–H and O–H groups in total. The van der Waals surface area contributed by atoms with E-state index < -0.39 is 23.4 Å². The predicted molar refractivity (Wildman–Crippen MR) is 118 cm³/mol. The zero-order valence-corrected chi connectivity index (χ0v) is 18.5. The van der Waals surface area contributed by atoms with Crippen molar-refractivity contribution in [2.75, 3.05) is 6.54 Å². The number of piperidine rings is 1. The Kier molecular flexibility index (Phi) is 6.41. The van der Waals surface area contributed by atoms with E-state index in [1.165, 1.54) is 12.1 Å². The number of aliphatic hydroxyl groups is 2. The Bertz CT molecular complexity index is 1010. The van der Waals surface area contributed by atoms with Gasteiger partial charge in [-0.3, -0.25) is 5.01 Å². The van der Waals surface area contributed by atoms with Crippen LogP contribution in [0.5, 0.6) is 0 Å². The second kappa shape index (κ2) is 8.98. The smallest absolute Gasteiger partial charge is 0.386 e. The molecule has 4 atom stereocenters. The van der Waals surface area contributed by atoms with Gasteiger partial charge < -0.3 is 21.0 Å². The lowest BCUT2D eigenvalue weighted by Gasteiger charge is -2.41. The van der Waals surface area contributed by atoms with Crippen LogP contribution in [0.4, 0.5) is 13.2 Å². The third-order valence-electron chi connectivity index (χ3n) is 6.35. The quantitative estimate of drug-likeness (QED) is 0.470. The Morgan fingerprint density at radius 2 is 1.82 bits per heavy atom. The number of rotatable bonds is 5. The maximum Gasteiger partial charge on any atom is 0.416 e. The van der Waals surface area contributed by atoms with Crippen LogP contribution < -0.4 is 16.3 Å². The minimum absolute atomic E-state index is 0.0645. The summed E-state index contributed by atoms with van der Waals surface area (Å²) >= 11 is 0. The van der Waals surface area contributed by atoms with Crippen LogP contribution in [-0.2, 0) is 11.8 Å². The van der Waals surface area contributed by atoms with E-state index in [9.17, 15) is 23.4 Å². The van der Waals surface area contributed by atoms with Gasteiger partial charge in [0.05, 0.1) is 35.6 Å². The number of alkyl halides is 3. The molecule has 33 heavy (non-hydrogen) atoms. The number of β-amino-alcohol motifs (C(OH)–C–C–N with tert-alkyl or cyclic N) is 1. The lowest BCUT2D eigenvalue weighted by Crippen LogP contribution is -2.53. The summed E-state index contributed by atoms with van der Waals surface area (Å²) in [4.78, 5) is 0. The summed E-state index contributed by atoms with van der Waals surface area (Å²) in [5.74, 6) is 0. The minimum atomic E-state index is -4.42. The largest absolute Gasteiger partial charge is 0.416 e. The van der Waals surface area contributed by atoms with Crippen LogP contribution in [0.2, 0.25) is 0 Å². The molecule has 2 aliphatic heterocycles. The van der Waals surface area contributed by atoms with E-state index in [0.29, 0.717) is 18.5 Å². The summed E-state index contributed by atoms with van der Waals surface area (Å²) in [6.45, 7) is 4.20. The summed E-state index contributed by atoms with van der Waals surface area (Å²) in [6.07, 6.45) is -2.60. The van der Waals surface area contributed by atoms with Crippen molar-refractivity contribution in [3.63, 3.8) is 0 Å². The molecule has 178 valence electrons. The van der Waals surface area contributed by atoms with Crippen LogP contribution in [0.25, 0.3) is 0 Å². The average molecular weight is 463 g/mol. The van der Waals surface area contributed by atoms with Crippen LogP contribution in [0.1, 0.15) is 48.1 Å². The fourth-order valence-electron chi connectivity index (χ4n) is 4.68. The maximum atomic E-state index is 12.9. The summed E-state index contributed by atoms with van der Waals surface area (Å²) in [6, 6.07) is 12.1. The first-order valence-electron chi connectivity index (χ1n) is 10.9. The summed E-state index contributed by atoms with van der Waals surface area (Å²) in [7, 11) is 0. The van der Waals surface area contributed by atoms with Crippen molar-refractivity contribution in [2.45, 2.75) is 56.7 Å². The molecular weight excluding hydrogens is 433 g/mol. The Morgan fingerprint density at radius 3 is 2.48 bits per heavy atom. The minimum Gasteiger partial charge on any atom is -0.386 e. The number of hydrogen-bond donors (Lipinski definition) is 5. The molecule has 2 aromatic carbocycles. The van der Waals surface area contributed by atoms with Gasteiger partial charge in [-0.2, -0.15) is 13.2 Å². The van der Waals surface area contributed by atoms with E-state index >= 15 is 0 Å². The normalized spacial score (nSPS) is 26.6. The number of nitrogens with one attached hydrogen (secondary N) is 3. The van der Waals surface area contributed by atoms with Gasteiger partial charge in [0.1, 0.15) is 0 Å². The molecule has 1 saturated heterocycles. The van der Waals surface area contributed by atoms with Gasteiger partial charge in [-0.05, 0) is 49.1 Å². The molecule has 0 amide bonds. The van der Waals surface area contributed by atoms with E-state index in [0.717, 1.165) is 29.0 Å². The van der Waals surface area contributed by atoms with Crippen LogP contribution in [-0.4, -0.2) is 33.9 Å². The lowest BCUT2D eigenvalue weighted by atomic mass is 9.78. The van der Waals surface area contributed by atoms with Gasteiger partial charge >= 0.3 is 6.18 Å². The van der Waals surface area contributed by atoms with Crippen LogP contribution >= 0.6 is 0 Å². The van der Waals surface area contributed by atoms with Crippen LogP contribution in [0.15, 0.2) is 60.4 Å². The molecule has 0 aliphatic carbocycles. The second-order valence-electron chi connectivity index (χ2n) is 8.98. The van der Waals surface area contributed by atoms with E-state index in [1.807, 2.05) is 44.3 Å². The van der Waals surface area contributed by atoms with Gasteiger partial charge in [-0.1, -0.05) is 36.4 Å². The van der Waals surface area contributed by atoms with Crippen molar-refractivity contribution < 1.29 is 23.4 Å². The topological polar surface area (TPSA) is 79.8 Å². The Labute approximate surface area is 191 Å². The zero-order valence-electron chi connectivity index (χ0n) is 18.5. The maximum absolute atomic E-state index is 12.9. The first-order valence-corrected chi connectivity index (χ1v) is 10.9. The molecule has 0 bridgehead atoms. The van der Waals surface area contributed by atoms with Gasteiger partial charge in [0.2, 0.25) is 0 Å². The predicted octanol–water partition coefficient (Wildman–Crippen LogP) is 3.24. The van der Waals surface area contributed by atoms with Crippen LogP contribution in [0.3, 0.4) is 0 Å². The number of nitrogens with zero attached hydrogens (tertiary/aromatic N) is 1. The monoisotopic (exact) mass is 462 g/mol. The highest BCUT2D eigenvalue weighted by atomic mass is 19.4. The summed E-state index contributed by atoms with van der Waals surface area (Å²) < 4.78 is 38.8. The average Bonchev–Trinajstić information content (AvgIpc) is 3.21. The first kappa shape index (κ1) is 23.6. The molecule has 0 radical (unpaired) electrons. The fraction of sp³-hybridized carbons (Fsp3) is 0.417. The highest BCUT2D eigenvalue weighted by molar-refractivity contribution is 5.31.